The van der Waals surface area contributed by atoms with Crippen LogP contribution in [0.3, 0.4) is 0 Å². The van der Waals surface area contributed by atoms with E-state index in [1.165, 1.54) is 7.11 Å². The van der Waals surface area contributed by atoms with Crippen molar-refractivity contribution in [3.8, 4) is 0 Å². The largest absolute Gasteiger partial charge is 0.469 e. The number of carbonyl (C=O) groups excluding carboxylic acids is 1. The van der Waals surface area contributed by atoms with Crippen LogP contribution in [-0.2, 0) is 9.53 Å². The van der Waals surface area contributed by atoms with Gasteiger partial charge in [-0.1, -0.05) is 34.6 Å². The molecule has 0 rings (SSSR count). The molecule has 0 aromatic carbocycles. The second kappa shape index (κ2) is 7.88. The summed E-state index contributed by atoms with van der Waals surface area (Å²) in [6, 6.07) is 0. The van der Waals surface area contributed by atoms with E-state index in [4.69, 9.17) is 4.74 Å². The highest BCUT2D eigenvalue weighted by atomic mass is 16.6. The first-order valence-corrected chi connectivity index (χ1v) is 8.87. The first kappa shape index (κ1) is 23.6. The van der Waals surface area contributed by atoms with Gasteiger partial charge in [0.25, 0.3) is 0 Å². The summed E-state index contributed by atoms with van der Waals surface area (Å²) in [6.07, 6.45) is 3.60. The fourth-order valence-electron chi connectivity index (χ4n) is 4.00. The summed E-state index contributed by atoms with van der Waals surface area (Å²) in [5, 5.41) is 11.7. The van der Waals surface area contributed by atoms with Crippen LogP contribution in [0.5, 0.6) is 0 Å². The quantitative estimate of drug-likeness (QED) is 0.322. The summed E-state index contributed by atoms with van der Waals surface area (Å²) in [4.78, 5) is 23.3. The molecule has 0 aromatic rings. The Labute approximate surface area is 153 Å². The molecule has 0 N–H and O–H groups in total. The molecule has 0 atom stereocenters. The summed E-state index contributed by atoms with van der Waals surface area (Å²) in [7, 11) is 1.39. The van der Waals surface area contributed by atoms with E-state index < -0.39 is 10.8 Å². The Morgan fingerprint density at radius 2 is 1.44 bits per heavy atom. The zero-order valence-electron chi connectivity index (χ0n) is 17.8. The molecule has 0 unspecified atom stereocenters. The third-order valence-electron chi connectivity index (χ3n) is 4.37. The third kappa shape index (κ3) is 8.02. The molecule has 0 aromatic heterocycles. The number of ether oxygens (including phenoxy) is 1. The van der Waals surface area contributed by atoms with Crippen LogP contribution < -0.4 is 0 Å². The summed E-state index contributed by atoms with van der Waals surface area (Å²) in [5.74, 6) is -0.257. The molecule has 0 spiro atoms. The van der Waals surface area contributed by atoms with Gasteiger partial charge in [0.05, 0.1) is 22.9 Å². The van der Waals surface area contributed by atoms with E-state index in [1.54, 1.807) is 6.08 Å². The van der Waals surface area contributed by atoms with Gasteiger partial charge < -0.3 is 4.74 Å². The summed E-state index contributed by atoms with van der Waals surface area (Å²) in [5.41, 5.74) is -1.14. The summed E-state index contributed by atoms with van der Waals surface area (Å²) >= 11 is 0. The summed E-state index contributed by atoms with van der Waals surface area (Å²) in [6.45, 7) is 17.9. The van der Waals surface area contributed by atoms with E-state index in [0.29, 0.717) is 12.8 Å². The lowest BCUT2D eigenvalue weighted by Crippen LogP contribution is -2.32. The molecule has 25 heavy (non-hydrogen) atoms. The maximum atomic E-state index is 11.9. The van der Waals surface area contributed by atoms with Crippen molar-refractivity contribution >= 4 is 5.97 Å². The highest BCUT2D eigenvalue weighted by Crippen LogP contribution is 2.42. The van der Waals surface area contributed by atoms with Gasteiger partial charge in [0.15, 0.2) is 0 Å². The number of hydrogen-bond acceptors (Lipinski definition) is 4. The third-order valence-corrected chi connectivity index (χ3v) is 4.37. The van der Waals surface area contributed by atoms with Crippen LogP contribution in [0.4, 0.5) is 0 Å². The summed E-state index contributed by atoms with van der Waals surface area (Å²) < 4.78 is 4.87. The Morgan fingerprint density at radius 1 is 0.960 bits per heavy atom. The van der Waals surface area contributed by atoms with Gasteiger partial charge in [-0.25, -0.2) is 0 Å². The maximum absolute atomic E-state index is 11.9. The minimum atomic E-state index is -0.623. The molecule has 0 aliphatic heterocycles. The predicted molar refractivity (Wildman–Crippen MR) is 102 cm³/mol. The van der Waals surface area contributed by atoms with Crippen LogP contribution in [0.2, 0.25) is 0 Å². The van der Waals surface area contributed by atoms with Gasteiger partial charge in [-0.2, -0.15) is 0 Å². The van der Waals surface area contributed by atoms with Gasteiger partial charge in [-0.15, -0.1) is 0 Å². The van der Waals surface area contributed by atoms with Gasteiger partial charge in [0.1, 0.15) is 0 Å². The number of carbonyl (C=O) groups is 1. The predicted octanol–water partition coefficient (Wildman–Crippen LogP) is 5.62. The molecule has 0 amide bonds. The lowest BCUT2D eigenvalue weighted by atomic mass is 9.71. The first-order chi connectivity index (χ1) is 10.9. The minimum absolute atomic E-state index is 0.000985. The Kier molecular flexibility index (Phi) is 7.44. The first-order valence-electron chi connectivity index (χ1n) is 8.87. The van der Waals surface area contributed by atoms with E-state index in [0.717, 1.165) is 6.42 Å². The highest BCUT2D eigenvalue weighted by molar-refractivity contribution is 5.75. The Balaban J connectivity index is 5.44. The van der Waals surface area contributed by atoms with Gasteiger partial charge in [-0.05, 0) is 63.9 Å². The van der Waals surface area contributed by atoms with Crippen molar-refractivity contribution in [2.24, 2.45) is 21.7 Å². The number of hydrogen-bond donors (Lipinski definition) is 0. The normalized spacial score (nSPS) is 14.4. The smallest absolute Gasteiger partial charge is 0.311 e. The van der Waals surface area contributed by atoms with E-state index in [1.807, 2.05) is 41.5 Å². The fraction of sp³-hybridized carbons (Fsp3) is 0.850. The molecular formula is C20H37NO4. The fourth-order valence-corrected chi connectivity index (χ4v) is 4.00. The van der Waals surface area contributed by atoms with E-state index in [9.17, 15) is 14.9 Å². The van der Waals surface area contributed by atoms with Gasteiger partial charge in [0.2, 0.25) is 5.70 Å². The monoisotopic (exact) mass is 355 g/mol. The highest BCUT2D eigenvalue weighted by Gasteiger charge is 2.39. The van der Waals surface area contributed by atoms with E-state index in [-0.39, 0.29) is 27.4 Å². The van der Waals surface area contributed by atoms with Gasteiger partial charge in [0, 0.05) is 0 Å². The number of allylic oxidation sites excluding steroid dienone is 2. The lowest BCUT2D eigenvalue weighted by molar-refractivity contribution is -0.441. The van der Waals surface area contributed by atoms with Gasteiger partial charge in [-0.3, -0.25) is 14.9 Å². The number of rotatable bonds is 8. The van der Waals surface area contributed by atoms with Crippen molar-refractivity contribution in [1.82, 2.24) is 0 Å². The maximum Gasteiger partial charge on any atom is 0.311 e. The molecule has 146 valence electrons. The van der Waals surface area contributed by atoms with Crippen LogP contribution in [0.25, 0.3) is 0 Å². The second-order valence-electron chi connectivity index (χ2n) is 10.4. The molecule has 0 aliphatic carbocycles. The average molecular weight is 356 g/mol. The second-order valence-corrected chi connectivity index (χ2v) is 10.4. The van der Waals surface area contributed by atoms with E-state index in [2.05, 4.69) is 20.8 Å². The number of esters is 1. The molecule has 0 radical (unpaired) electrons. The molecule has 0 aliphatic rings. The van der Waals surface area contributed by atoms with Crippen molar-refractivity contribution in [3.63, 3.8) is 0 Å². The molecule has 0 heterocycles. The minimum Gasteiger partial charge on any atom is -0.469 e. The van der Waals surface area contributed by atoms with Crippen molar-refractivity contribution in [2.75, 3.05) is 7.11 Å². The van der Waals surface area contributed by atoms with Crippen LogP contribution in [0.15, 0.2) is 11.8 Å². The number of nitrogens with zero attached hydrogens (tertiary/aromatic N) is 1. The van der Waals surface area contributed by atoms with Crippen LogP contribution in [0.1, 0.15) is 81.6 Å². The van der Waals surface area contributed by atoms with Crippen molar-refractivity contribution in [2.45, 2.75) is 81.6 Å². The van der Waals surface area contributed by atoms with Crippen molar-refractivity contribution < 1.29 is 14.5 Å². The molecule has 0 bridgehead atoms. The standard InChI is InChI=1S/C20H37NO4/c1-17(2,3)13-19(6,7)15(21(23)24)11-12-18(4,5)14-20(8,9)16(22)25-10/h11H,12-14H2,1-10H3/b15-11+. The topological polar surface area (TPSA) is 69.4 Å². The van der Waals surface area contributed by atoms with Gasteiger partial charge >= 0.3 is 5.97 Å². The van der Waals surface area contributed by atoms with Crippen LogP contribution in [-0.4, -0.2) is 18.0 Å². The lowest BCUT2D eigenvalue weighted by Gasteiger charge is -2.33. The molecule has 0 fully saturated rings. The van der Waals surface area contributed by atoms with Crippen molar-refractivity contribution in [3.05, 3.63) is 21.9 Å². The Bertz CT molecular complexity index is 522. The zero-order chi connectivity index (χ0) is 20.3. The zero-order valence-corrected chi connectivity index (χ0v) is 17.8. The Morgan fingerprint density at radius 3 is 1.80 bits per heavy atom. The number of nitro groups is 1. The molecule has 5 heteroatoms. The average Bonchev–Trinajstić information content (AvgIpc) is 2.32. The molecule has 5 nitrogen and oxygen atoms in total. The SMILES string of the molecule is COC(=O)C(C)(C)CC(C)(C)C/C=C(/[N+](=O)[O-])C(C)(C)CC(C)(C)C. The number of methoxy groups -OCH3 is 1. The van der Waals surface area contributed by atoms with E-state index >= 15 is 0 Å². The van der Waals surface area contributed by atoms with Crippen LogP contribution >= 0.6 is 0 Å². The molecular weight excluding hydrogens is 318 g/mol. The molecule has 0 saturated heterocycles. The van der Waals surface area contributed by atoms with Crippen LogP contribution in [0, 0.1) is 31.8 Å². The molecule has 0 saturated carbocycles. The van der Waals surface area contributed by atoms with Crippen molar-refractivity contribution in [1.29, 1.82) is 0 Å². The Hall–Kier alpha value is -1.39.